The lowest BCUT2D eigenvalue weighted by Gasteiger charge is -2.19. The van der Waals surface area contributed by atoms with Gasteiger partial charge in [-0.25, -0.2) is 9.00 Å². The van der Waals surface area contributed by atoms with Crippen LogP contribution in [0.1, 0.15) is 6.92 Å². The third-order valence-corrected chi connectivity index (χ3v) is 4.47. The molecule has 2 rings (SSSR count). The summed E-state index contributed by atoms with van der Waals surface area (Å²) in [6, 6.07) is 8.83. The van der Waals surface area contributed by atoms with Gasteiger partial charge in [-0.2, -0.15) is 0 Å². The average Bonchev–Trinajstić information content (AvgIpc) is 2.17. The van der Waals surface area contributed by atoms with Crippen molar-refractivity contribution in [1.82, 2.24) is 0 Å². The molecule has 0 saturated heterocycles. The van der Waals surface area contributed by atoms with E-state index < -0.39 is 15.8 Å². The van der Waals surface area contributed by atoms with Gasteiger partial charge in [0.1, 0.15) is 6.10 Å². The smallest absolute Gasteiger partial charge is 0.442 e. The van der Waals surface area contributed by atoms with Gasteiger partial charge in [0.15, 0.2) is 0 Å². The van der Waals surface area contributed by atoms with Gasteiger partial charge in [0.05, 0.1) is 15.5 Å². The lowest BCUT2D eigenvalue weighted by Crippen LogP contribution is -2.28. The molecule has 5 heteroatoms. The first kappa shape index (κ1) is 10.2. The summed E-state index contributed by atoms with van der Waals surface area (Å²) in [7, 11) is -2.62. The van der Waals surface area contributed by atoms with E-state index in [1.54, 1.807) is 31.2 Å². The Balaban J connectivity index is 2.52. The lowest BCUT2D eigenvalue weighted by molar-refractivity contribution is 0.124. The van der Waals surface area contributed by atoms with Crippen molar-refractivity contribution >= 4 is 15.8 Å². The van der Waals surface area contributed by atoms with Gasteiger partial charge in [0.25, 0.3) is 0 Å². The van der Waals surface area contributed by atoms with Crippen molar-refractivity contribution < 1.29 is 13.7 Å². The summed E-state index contributed by atoms with van der Waals surface area (Å²) < 4.78 is 20.8. The maximum Gasteiger partial charge on any atom is 0.442 e. The number of hydrogen-bond acceptors (Lipinski definition) is 3. The molecular weight excluding hydrogens is 214 g/mol. The van der Waals surface area contributed by atoms with E-state index in [2.05, 4.69) is 4.36 Å². The van der Waals surface area contributed by atoms with Gasteiger partial charge in [-0.3, -0.25) is 0 Å². The minimum atomic E-state index is -2.62. The molecule has 0 bridgehead atoms. The van der Waals surface area contributed by atoms with Crippen LogP contribution in [0.3, 0.4) is 0 Å². The first-order valence-electron chi connectivity index (χ1n) is 4.61. The normalized spacial score (nSPS) is 30.5. The molecule has 4 nitrogen and oxygen atoms in total. The first-order chi connectivity index (χ1) is 7.10. The van der Waals surface area contributed by atoms with E-state index >= 15 is 0 Å². The van der Waals surface area contributed by atoms with Crippen LogP contribution in [0.2, 0.25) is 0 Å². The Bertz CT molecular complexity index is 489. The number of rotatable bonds is 1. The average molecular weight is 225 g/mol. The minimum Gasteiger partial charge on any atom is -0.443 e. The minimum absolute atomic E-state index is 0.267. The van der Waals surface area contributed by atoms with Crippen LogP contribution in [0.5, 0.6) is 0 Å². The fourth-order valence-electron chi connectivity index (χ4n) is 1.49. The fourth-order valence-corrected chi connectivity index (χ4v) is 3.43. The van der Waals surface area contributed by atoms with Crippen LogP contribution in [0, 0.1) is 0 Å². The van der Waals surface area contributed by atoms with Crippen molar-refractivity contribution in [3.8, 4) is 0 Å². The number of benzene rings is 1. The largest absolute Gasteiger partial charge is 0.443 e. The lowest BCUT2D eigenvalue weighted by atomic mass is 10.4. The molecule has 2 unspecified atom stereocenters. The molecule has 1 aliphatic heterocycles. The fraction of sp³-hybridized carbons (Fsp3) is 0.300. The molecule has 1 aromatic carbocycles. The molecule has 15 heavy (non-hydrogen) atoms. The molecule has 0 radical (unpaired) electrons. The molecule has 0 aromatic heterocycles. The van der Waals surface area contributed by atoms with Gasteiger partial charge in [0.2, 0.25) is 0 Å². The predicted molar refractivity (Wildman–Crippen MR) is 56.1 cm³/mol. The van der Waals surface area contributed by atoms with Gasteiger partial charge in [-0.05, 0) is 19.1 Å². The zero-order valence-electron chi connectivity index (χ0n) is 8.25. The Labute approximate surface area is 88.4 Å². The zero-order valence-corrected chi connectivity index (χ0v) is 9.07. The van der Waals surface area contributed by atoms with Crippen molar-refractivity contribution in [2.75, 3.05) is 5.75 Å². The molecule has 1 aromatic rings. The highest BCUT2D eigenvalue weighted by atomic mass is 32.2. The summed E-state index contributed by atoms with van der Waals surface area (Å²) in [6.45, 7) is 1.72. The van der Waals surface area contributed by atoms with E-state index in [0.717, 1.165) is 0 Å². The molecule has 0 N–H and O–H groups in total. The van der Waals surface area contributed by atoms with Crippen LogP contribution >= 0.6 is 0 Å². The summed E-state index contributed by atoms with van der Waals surface area (Å²) in [5, 5.41) is 0. The van der Waals surface area contributed by atoms with E-state index in [1.807, 2.05) is 6.07 Å². The van der Waals surface area contributed by atoms with Gasteiger partial charge >= 0.3 is 6.09 Å². The Morgan fingerprint density at radius 3 is 2.67 bits per heavy atom. The zero-order chi connectivity index (χ0) is 10.9. The Kier molecular flexibility index (Phi) is 2.48. The monoisotopic (exact) mass is 225 g/mol. The number of carbonyl (C=O) groups is 1. The van der Waals surface area contributed by atoms with Crippen LogP contribution in [0.25, 0.3) is 0 Å². The highest BCUT2D eigenvalue weighted by Crippen LogP contribution is 2.20. The van der Waals surface area contributed by atoms with Crippen LogP contribution in [-0.2, 0) is 14.5 Å². The molecule has 1 heterocycles. The second kappa shape index (κ2) is 3.66. The molecule has 1 amide bonds. The van der Waals surface area contributed by atoms with E-state index in [9.17, 15) is 9.00 Å². The number of carbonyl (C=O) groups excluding carboxylic acids is 1. The number of hydrogen-bond donors (Lipinski definition) is 0. The highest BCUT2D eigenvalue weighted by Gasteiger charge is 2.26. The third-order valence-electron chi connectivity index (χ3n) is 2.10. The molecule has 0 fully saturated rings. The molecule has 1 aliphatic rings. The van der Waals surface area contributed by atoms with Crippen molar-refractivity contribution in [2.45, 2.75) is 17.9 Å². The van der Waals surface area contributed by atoms with Gasteiger partial charge in [-0.15, -0.1) is 4.36 Å². The quantitative estimate of drug-likeness (QED) is 0.735. The second-order valence-electron chi connectivity index (χ2n) is 3.41. The molecule has 0 saturated carbocycles. The van der Waals surface area contributed by atoms with Crippen LogP contribution in [0.4, 0.5) is 4.79 Å². The third kappa shape index (κ3) is 2.02. The first-order valence-corrected chi connectivity index (χ1v) is 6.29. The van der Waals surface area contributed by atoms with Crippen LogP contribution in [-0.4, -0.2) is 22.2 Å². The van der Waals surface area contributed by atoms with Crippen molar-refractivity contribution in [3.63, 3.8) is 0 Å². The highest BCUT2D eigenvalue weighted by molar-refractivity contribution is 7.94. The Morgan fingerprint density at radius 1 is 1.40 bits per heavy atom. The summed E-state index contributed by atoms with van der Waals surface area (Å²) in [5.74, 6) is 0.267. The van der Waals surface area contributed by atoms with E-state index in [4.69, 9.17) is 4.74 Å². The van der Waals surface area contributed by atoms with Gasteiger partial charge in [-0.1, -0.05) is 18.2 Å². The summed E-state index contributed by atoms with van der Waals surface area (Å²) in [4.78, 5) is 11.7. The van der Waals surface area contributed by atoms with Gasteiger partial charge < -0.3 is 4.74 Å². The summed E-state index contributed by atoms with van der Waals surface area (Å²) >= 11 is 0. The molecule has 0 aliphatic carbocycles. The molecule has 2 atom stereocenters. The Hall–Kier alpha value is -1.36. The summed E-state index contributed by atoms with van der Waals surface area (Å²) in [5.41, 5.74) is 0. The number of cyclic esters (lactones) is 1. The van der Waals surface area contributed by atoms with Crippen molar-refractivity contribution in [2.24, 2.45) is 4.36 Å². The van der Waals surface area contributed by atoms with E-state index in [-0.39, 0.29) is 11.9 Å². The Morgan fingerprint density at radius 2 is 2.07 bits per heavy atom. The van der Waals surface area contributed by atoms with Crippen LogP contribution in [0.15, 0.2) is 39.6 Å². The summed E-state index contributed by atoms with van der Waals surface area (Å²) in [6.07, 6.45) is -1.08. The number of amides is 1. The maximum absolute atomic E-state index is 12.4. The van der Waals surface area contributed by atoms with E-state index in [0.29, 0.717) is 4.90 Å². The molecular formula is C10H11NO3S. The molecule has 80 valence electrons. The topological polar surface area (TPSA) is 55.7 Å². The van der Waals surface area contributed by atoms with Crippen LogP contribution < -0.4 is 0 Å². The number of nitrogens with zero attached hydrogens (tertiary/aromatic N) is 1. The predicted octanol–water partition coefficient (Wildman–Crippen LogP) is 2.05. The van der Waals surface area contributed by atoms with Crippen molar-refractivity contribution in [3.05, 3.63) is 30.3 Å². The number of ether oxygens (including phenoxy) is 1. The second-order valence-corrected chi connectivity index (χ2v) is 5.67. The van der Waals surface area contributed by atoms with Gasteiger partial charge in [0, 0.05) is 4.90 Å². The van der Waals surface area contributed by atoms with Crippen molar-refractivity contribution in [1.29, 1.82) is 0 Å². The SMILES string of the molecule is CC1CS(=O)(c2ccccc2)=NC(=O)O1. The van der Waals surface area contributed by atoms with E-state index in [1.165, 1.54) is 0 Å². The molecule has 0 spiro atoms. The standard InChI is InChI=1S/C10H11NO3S/c1-8-7-15(13,11-10(12)14-8)9-5-3-2-4-6-9/h2-6,8H,7H2,1H3. The maximum atomic E-state index is 12.4.